The average molecular weight is 166 g/mol. The van der Waals surface area contributed by atoms with Crippen molar-refractivity contribution in [1.29, 1.82) is 0 Å². The summed E-state index contributed by atoms with van der Waals surface area (Å²) in [5, 5.41) is 0. The zero-order valence-corrected chi connectivity index (χ0v) is 7.74. The first-order chi connectivity index (χ1) is 5.68. The molecule has 0 radical (unpaired) electrons. The smallest absolute Gasteiger partial charge is 0.141 e. The van der Waals surface area contributed by atoms with Crippen molar-refractivity contribution in [3.8, 4) is 5.75 Å². The first-order valence-corrected chi connectivity index (χ1v) is 3.88. The van der Waals surface area contributed by atoms with E-state index in [0.717, 1.165) is 11.4 Å². The van der Waals surface area contributed by atoms with Gasteiger partial charge in [-0.3, -0.25) is 9.88 Å². The largest absolute Gasteiger partial charge is 0.477 e. The third-order valence-corrected chi connectivity index (χ3v) is 1.37. The maximum Gasteiger partial charge on any atom is 0.141 e. The Bertz CT molecular complexity index is 231. The second-order valence-corrected chi connectivity index (χ2v) is 2.99. The van der Waals surface area contributed by atoms with Crippen LogP contribution in [-0.2, 0) is 0 Å². The molecule has 0 bridgehead atoms. The molecule has 0 aromatic carbocycles. The molecule has 0 amide bonds. The first kappa shape index (κ1) is 9.00. The van der Waals surface area contributed by atoms with Crippen molar-refractivity contribution in [2.75, 3.05) is 20.8 Å². The Balaban J connectivity index is 2.48. The summed E-state index contributed by atoms with van der Waals surface area (Å²) in [6.07, 6.45) is 1.73. The lowest BCUT2D eigenvalue weighted by Gasteiger charge is -2.10. The lowest BCUT2D eigenvalue weighted by molar-refractivity contribution is 0.179. The summed E-state index contributed by atoms with van der Waals surface area (Å²) in [6, 6.07) is 3.86. The van der Waals surface area contributed by atoms with E-state index in [4.69, 9.17) is 4.74 Å². The molecule has 0 aliphatic carbocycles. The van der Waals surface area contributed by atoms with Gasteiger partial charge in [0.15, 0.2) is 0 Å². The number of aromatic nitrogens is 1. The van der Waals surface area contributed by atoms with E-state index in [1.54, 1.807) is 6.20 Å². The molecule has 0 unspecified atom stereocenters. The van der Waals surface area contributed by atoms with Crippen molar-refractivity contribution in [2.45, 2.75) is 6.92 Å². The summed E-state index contributed by atoms with van der Waals surface area (Å²) >= 11 is 0. The van der Waals surface area contributed by atoms with Crippen molar-refractivity contribution in [3.05, 3.63) is 24.0 Å². The van der Waals surface area contributed by atoms with Crippen LogP contribution >= 0.6 is 0 Å². The van der Waals surface area contributed by atoms with E-state index in [2.05, 4.69) is 4.98 Å². The summed E-state index contributed by atoms with van der Waals surface area (Å²) in [7, 11) is 3.92. The highest BCUT2D eigenvalue weighted by Crippen LogP contribution is 2.07. The van der Waals surface area contributed by atoms with Gasteiger partial charge in [-0.05, 0) is 33.2 Å². The molecule has 0 saturated carbocycles. The van der Waals surface area contributed by atoms with Crippen LogP contribution in [0.1, 0.15) is 5.69 Å². The molecule has 66 valence electrons. The van der Waals surface area contributed by atoms with Crippen LogP contribution < -0.4 is 4.74 Å². The topological polar surface area (TPSA) is 25.4 Å². The van der Waals surface area contributed by atoms with Crippen molar-refractivity contribution >= 4 is 0 Å². The molecule has 0 aliphatic rings. The number of hydrogen-bond donors (Lipinski definition) is 0. The van der Waals surface area contributed by atoms with Gasteiger partial charge in [-0.15, -0.1) is 0 Å². The Morgan fingerprint density at radius 2 is 2.17 bits per heavy atom. The number of aryl methyl sites for hydroxylation is 1. The van der Waals surface area contributed by atoms with Crippen LogP contribution in [-0.4, -0.2) is 30.7 Å². The highest BCUT2D eigenvalue weighted by Gasteiger charge is 1.93. The molecule has 1 heterocycles. The standard InChI is InChI=1S/C9H14N2O/c1-8-4-5-9(6-10-8)12-7-11(2)3/h4-6H,7H2,1-3H3. The minimum atomic E-state index is 0.588. The van der Waals surface area contributed by atoms with Gasteiger partial charge < -0.3 is 4.74 Å². The normalized spacial score (nSPS) is 10.3. The third-order valence-electron chi connectivity index (χ3n) is 1.37. The van der Waals surface area contributed by atoms with E-state index >= 15 is 0 Å². The molecule has 1 aromatic heterocycles. The van der Waals surface area contributed by atoms with Crippen molar-refractivity contribution in [1.82, 2.24) is 9.88 Å². The van der Waals surface area contributed by atoms with E-state index < -0.39 is 0 Å². The monoisotopic (exact) mass is 166 g/mol. The Kier molecular flexibility index (Phi) is 3.05. The molecule has 3 heteroatoms. The Morgan fingerprint density at radius 1 is 1.42 bits per heavy atom. The summed E-state index contributed by atoms with van der Waals surface area (Å²) in [6.45, 7) is 2.54. The van der Waals surface area contributed by atoms with Crippen molar-refractivity contribution < 1.29 is 4.74 Å². The molecule has 1 rings (SSSR count). The van der Waals surface area contributed by atoms with Gasteiger partial charge in [-0.2, -0.15) is 0 Å². The maximum atomic E-state index is 5.39. The summed E-state index contributed by atoms with van der Waals surface area (Å²) in [5.74, 6) is 0.814. The van der Waals surface area contributed by atoms with Crippen LogP contribution in [0.5, 0.6) is 5.75 Å². The predicted molar refractivity (Wildman–Crippen MR) is 48.2 cm³/mol. The number of hydrogen-bond acceptors (Lipinski definition) is 3. The molecule has 3 nitrogen and oxygen atoms in total. The molecule has 0 fully saturated rings. The van der Waals surface area contributed by atoms with Crippen molar-refractivity contribution in [2.24, 2.45) is 0 Å². The number of rotatable bonds is 3. The molecule has 12 heavy (non-hydrogen) atoms. The molecule has 0 aliphatic heterocycles. The van der Waals surface area contributed by atoms with Gasteiger partial charge >= 0.3 is 0 Å². The molecular weight excluding hydrogens is 152 g/mol. The molecule has 0 saturated heterocycles. The Hall–Kier alpha value is -1.09. The van der Waals surface area contributed by atoms with E-state index in [9.17, 15) is 0 Å². The zero-order valence-electron chi connectivity index (χ0n) is 7.74. The van der Waals surface area contributed by atoms with Gasteiger partial charge in [0.05, 0.1) is 6.20 Å². The Morgan fingerprint density at radius 3 is 2.67 bits per heavy atom. The zero-order chi connectivity index (χ0) is 8.97. The summed E-state index contributed by atoms with van der Waals surface area (Å²) in [4.78, 5) is 6.07. The summed E-state index contributed by atoms with van der Waals surface area (Å²) in [5.41, 5.74) is 1.01. The maximum absolute atomic E-state index is 5.39. The van der Waals surface area contributed by atoms with Crippen molar-refractivity contribution in [3.63, 3.8) is 0 Å². The van der Waals surface area contributed by atoms with Crippen LogP contribution in [0.15, 0.2) is 18.3 Å². The van der Waals surface area contributed by atoms with Crippen LogP contribution in [0.4, 0.5) is 0 Å². The second-order valence-electron chi connectivity index (χ2n) is 2.99. The highest BCUT2D eigenvalue weighted by atomic mass is 16.5. The predicted octanol–water partition coefficient (Wildman–Crippen LogP) is 1.29. The van der Waals surface area contributed by atoms with Gasteiger partial charge in [0.1, 0.15) is 12.5 Å². The number of nitrogens with zero attached hydrogens (tertiary/aromatic N) is 2. The fraction of sp³-hybridized carbons (Fsp3) is 0.444. The fourth-order valence-electron chi connectivity index (χ4n) is 0.743. The van der Waals surface area contributed by atoms with E-state index in [1.165, 1.54) is 0 Å². The van der Waals surface area contributed by atoms with Crippen LogP contribution in [0.25, 0.3) is 0 Å². The molecule has 0 atom stereocenters. The van der Waals surface area contributed by atoms with E-state index in [-0.39, 0.29) is 0 Å². The highest BCUT2D eigenvalue weighted by molar-refractivity contribution is 5.18. The lowest BCUT2D eigenvalue weighted by Crippen LogP contribution is -2.18. The van der Waals surface area contributed by atoms with Gasteiger partial charge in [0.2, 0.25) is 0 Å². The number of ether oxygens (including phenoxy) is 1. The fourth-order valence-corrected chi connectivity index (χ4v) is 0.743. The third kappa shape index (κ3) is 2.88. The van der Waals surface area contributed by atoms with Gasteiger partial charge in [0, 0.05) is 5.69 Å². The minimum Gasteiger partial charge on any atom is -0.477 e. The summed E-state index contributed by atoms with van der Waals surface area (Å²) < 4.78 is 5.39. The lowest BCUT2D eigenvalue weighted by atomic mass is 10.4. The average Bonchev–Trinajstić information content (AvgIpc) is 2.03. The molecular formula is C9H14N2O. The van der Waals surface area contributed by atoms with Crippen LogP contribution in [0.3, 0.4) is 0 Å². The van der Waals surface area contributed by atoms with E-state index in [0.29, 0.717) is 6.73 Å². The molecule has 0 N–H and O–H groups in total. The quantitative estimate of drug-likeness (QED) is 0.633. The van der Waals surface area contributed by atoms with Crippen LogP contribution in [0, 0.1) is 6.92 Å². The second kappa shape index (κ2) is 4.07. The van der Waals surface area contributed by atoms with Crippen LogP contribution in [0.2, 0.25) is 0 Å². The van der Waals surface area contributed by atoms with Gasteiger partial charge in [-0.1, -0.05) is 0 Å². The van der Waals surface area contributed by atoms with E-state index in [1.807, 2.05) is 38.1 Å². The molecule has 0 spiro atoms. The SMILES string of the molecule is Cc1ccc(OCN(C)C)cn1. The van der Waals surface area contributed by atoms with Gasteiger partial charge in [0.25, 0.3) is 0 Å². The van der Waals surface area contributed by atoms with Gasteiger partial charge in [-0.25, -0.2) is 0 Å². The number of pyridine rings is 1. The minimum absolute atomic E-state index is 0.588. The Labute approximate surface area is 73.0 Å². The molecule has 1 aromatic rings. The first-order valence-electron chi connectivity index (χ1n) is 3.88.